The zero-order valence-corrected chi connectivity index (χ0v) is 14.7. The van der Waals surface area contributed by atoms with Crippen LogP contribution in [0.1, 0.15) is 49.5 Å². The van der Waals surface area contributed by atoms with Crippen molar-refractivity contribution in [1.82, 2.24) is 9.61 Å². The molecule has 130 valence electrons. The molecule has 0 radical (unpaired) electrons. The molecule has 0 N–H and O–H groups in total. The molecule has 24 heavy (non-hydrogen) atoms. The van der Waals surface area contributed by atoms with Gasteiger partial charge in [0.25, 0.3) is 0 Å². The van der Waals surface area contributed by atoms with Crippen molar-refractivity contribution in [3.05, 3.63) is 35.7 Å². The molecule has 0 spiro atoms. The van der Waals surface area contributed by atoms with Crippen LogP contribution in [0.15, 0.2) is 24.5 Å². The van der Waals surface area contributed by atoms with Crippen molar-refractivity contribution in [1.29, 1.82) is 0 Å². The van der Waals surface area contributed by atoms with E-state index in [4.69, 9.17) is 9.47 Å². The van der Waals surface area contributed by atoms with E-state index < -0.39 is 5.60 Å². The van der Waals surface area contributed by atoms with E-state index in [1.54, 1.807) is 24.0 Å². The average molecular weight is 332 g/mol. The maximum atomic E-state index is 12.3. The zero-order valence-electron chi connectivity index (χ0n) is 14.7. The second-order valence-corrected chi connectivity index (χ2v) is 6.71. The molecule has 0 amide bonds. The van der Waals surface area contributed by atoms with Crippen LogP contribution >= 0.6 is 0 Å². The summed E-state index contributed by atoms with van der Waals surface area (Å²) < 4.78 is 12.0. The first kappa shape index (κ1) is 18.1. The number of hydrogen-bond donors (Lipinski definition) is 0. The summed E-state index contributed by atoms with van der Waals surface area (Å²) in [6.07, 6.45) is 4.56. The number of fused-ring (bicyclic) bond motifs is 1. The van der Waals surface area contributed by atoms with E-state index >= 15 is 0 Å². The molecule has 0 aromatic carbocycles. The molecule has 0 fully saturated rings. The lowest BCUT2D eigenvalue weighted by molar-refractivity contribution is -0.153. The van der Waals surface area contributed by atoms with E-state index in [2.05, 4.69) is 5.10 Å². The molecule has 0 unspecified atom stereocenters. The Bertz CT molecular complexity index is 728. The standard InChI is InChI=1S/C18H24N2O4/c1-18(2,3)24-17(22)11-13-7-8-20-15(10-13)14(12-19-20)16(21)6-5-9-23-4/h7-8,10,12H,5-6,9,11H2,1-4H3. The van der Waals surface area contributed by atoms with Crippen LogP contribution in [0.3, 0.4) is 0 Å². The van der Waals surface area contributed by atoms with Crippen molar-refractivity contribution in [2.45, 2.75) is 45.6 Å². The van der Waals surface area contributed by atoms with E-state index in [9.17, 15) is 9.59 Å². The number of methoxy groups -OCH3 is 1. The van der Waals surface area contributed by atoms with Crippen LogP contribution in [0.2, 0.25) is 0 Å². The molecule has 0 aliphatic carbocycles. The third-order valence-corrected chi connectivity index (χ3v) is 3.41. The predicted molar refractivity (Wildman–Crippen MR) is 90.2 cm³/mol. The SMILES string of the molecule is COCCCC(=O)c1cnn2ccc(CC(=O)OC(C)(C)C)cc12. The van der Waals surface area contributed by atoms with E-state index in [-0.39, 0.29) is 18.2 Å². The summed E-state index contributed by atoms with van der Waals surface area (Å²) in [6, 6.07) is 3.63. The summed E-state index contributed by atoms with van der Waals surface area (Å²) >= 11 is 0. The van der Waals surface area contributed by atoms with Gasteiger partial charge in [-0.3, -0.25) is 9.59 Å². The number of rotatable bonds is 7. The van der Waals surface area contributed by atoms with Crippen LogP contribution < -0.4 is 0 Å². The van der Waals surface area contributed by atoms with Gasteiger partial charge in [-0.15, -0.1) is 0 Å². The maximum absolute atomic E-state index is 12.3. The number of aromatic nitrogens is 2. The predicted octanol–water partition coefficient (Wildman–Crippen LogP) is 2.83. The summed E-state index contributed by atoms with van der Waals surface area (Å²) in [5.74, 6) is -0.268. The van der Waals surface area contributed by atoms with Crippen LogP contribution in [-0.2, 0) is 20.7 Å². The Labute approximate surface area is 141 Å². The van der Waals surface area contributed by atoms with Gasteiger partial charge in [0.2, 0.25) is 0 Å². The molecule has 2 heterocycles. The van der Waals surface area contributed by atoms with Gasteiger partial charge >= 0.3 is 5.97 Å². The summed E-state index contributed by atoms with van der Waals surface area (Å²) in [5, 5.41) is 4.20. The van der Waals surface area contributed by atoms with Gasteiger partial charge in [-0.1, -0.05) is 0 Å². The first-order chi connectivity index (χ1) is 11.3. The van der Waals surface area contributed by atoms with Crippen molar-refractivity contribution in [3.8, 4) is 0 Å². The highest BCUT2D eigenvalue weighted by Gasteiger charge is 2.18. The summed E-state index contributed by atoms with van der Waals surface area (Å²) in [6.45, 7) is 6.06. The molecule has 0 aliphatic rings. The van der Waals surface area contributed by atoms with E-state index in [0.717, 1.165) is 5.56 Å². The number of nitrogens with zero attached hydrogens (tertiary/aromatic N) is 2. The zero-order chi connectivity index (χ0) is 17.7. The van der Waals surface area contributed by atoms with Gasteiger partial charge in [0.05, 0.1) is 23.7 Å². The topological polar surface area (TPSA) is 69.9 Å². The molecule has 0 saturated carbocycles. The molecular weight excluding hydrogens is 308 g/mol. The monoisotopic (exact) mass is 332 g/mol. The van der Waals surface area contributed by atoms with Gasteiger partial charge in [0, 0.05) is 26.3 Å². The lowest BCUT2D eigenvalue weighted by Crippen LogP contribution is -2.24. The highest BCUT2D eigenvalue weighted by Crippen LogP contribution is 2.17. The lowest BCUT2D eigenvalue weighted by atomic mass is 10.1. The highest BCUT2D eigenvalue weighted by molar-refractivity contribution is 6.02. The van der Waals surface area contributed by atoms with Gasteiger partial charge < -0.3 is 9.47 Å². The number of ketones is 1. The van der Waals surface area contributed by atoms with Crippen molar-refractivity contribution >= 4 is 17.3 Å². The first-order valence-corrected chi connectivity index (χ1v) is 8.00. The minimum atomic E-state index is -0.514. The fourth-order valence-electron chi connectivity index (χ4n) is 2.41. The van der Waals surface area contributed by atoms with Crippen LogP contribution in [-0.4, -0.2) is 40.7 Å². The number of ether oxygens (including phenoxy) is 2. The Kier molecular flexibility index (Phi) is 5.72. The summed E-state index contributed by atoms with van der Waals surface area (Å²) in [4.78, 5) is 24.3. The van der Waals surface area contributed by atoms with E-state index in [1.807, 2.05) is 32.9 Å². The third-order valence-electron chi connectivity index (χ3n) is 3.41. The number of carbonyl (C=O) groups is 2. The molecule has 0 aliphatic heterocycles. The molecule has 0 bridgehead atoms. The molecule has 0 saturated heterocycles. The lowest BCUT2D eigenvalue weighted by Gasteiger charge is -2.19. The van der Waals surface area contributed by atoms with Gasteiger partial charge in [0.15, 0.2) is 5.78 Å². The van der Waals surface area contributed by atoms with Gasteiger partial charge in [0.1, 0.15) is 5.60 Å². The molecule has 2 aromatic rings. The second-order valence-electron chi connectivity index (χ2n) is 6.71. The van der Waals surface area contributed by atoms with Crippen molar-refractivity contribution < 1.29 is 19.1 Å². The molecular formula is C18H24N2O4. The maximum Gasteiger partial charge on any atom is 0.310 e. The fourth-order valence-corrected chi connectivity index (χ4v) is 2.41. The largest absolute Gasteiger partial charge is 0.460 e. The van der Waals surface area contributed by atoms with Gasteiger partial charge in [-0.2, -0.15) is 5.10 Å². The Hall–Kier alpha value is -2.21. The molecule has 0 atom stereocenters. The van der Waals surface area contributed by atoms with E-state index in [1.165, 1.54) is 0 Å². The molecule has 6 nitrogen and oxygen atoms in total. The van der Waals surface area contributed by atoms with E-state index in [0.29, 0.717) is 30.5 Å². The number of hydrogen-bond acceptors (Lipinski definition) is 5. The third kappa shape index (κ3) is 4.89. The second kappa shape index (κ2) is 7.57. The van der Waals surface area contributed by atoms with Crippen molar-refractivity contribution in [2.24, 2.45) is 0 Å². The Balaban J connectivity index is 2.16. The number of carbonyl (C=O) groups excluding carboxylic acids is 2. The van der Waals surface area contributed by atoms with Crippen LogP contribution in [0.5, 0.6) is 0 Å². The fraction of sp³-hybridized carbons (Fsp3) is 0.500. The Morgan fingerprint density at radius 1 is 1.29 bits per heavy atom. The van der Waals surface area contributed by atoms with Crippen molar-refractivity contribution in [2.75, 3.05) is 13.7 Å². The molecule has 2 rings (SSSR count). The number of Topliss-reactive ketones (excluding diaryl/α,β-unsaturated/α-hetero) is 1. The average Bonchev–Trinajstić information content (AvgIpc) is 2.88. The number of pyridine rings is 1. The minimum absolute atomic E-state index is 0.0245. The number of esters is 1. The highest BCUT2D eigenvalue weighted by atomic mass is 16.6. The Morgan fingerprint density at radius 2 is 2.04 bits per heavy atom. The molecule has 2 aromatic heterocycles. The Morgan fingerprint density at radius 3 is 2.71 bits per heavy atom. The van der Waals surface area contributed by atoms with Gasteiger partial charge in [-0.25, -0.2) is 4.52 Å². The van der Waals surface area contributed by atoms with Crippen LogP contribution in [0, 0.1) is 0 Å². The summed E-state index contributed by atoms with van der Waals surface area (Å²) in [5.41, 5.74) is 1.55. The van der Waals surface area contributed by atoms with Gasteiger partial charge in [-0.05, 0) is 44.9 Å². The normalized spacial score (nSPS) is 11.7. The van der Waals surface area contributed by atoms with Crippen molar-refractivity contribution in [3.63, 3.8) is 0 Å². The molecule has 6 heteroatoms. The summed E-state index contributed by atoms with van der Waals surface area (Å²) in [7, 11) is 1.61. The smallest absolute Gasteiger partial charge is 0.310 e. The first-order valence-electron chi connectivity index (χ1n) is 8.00. The van der Waals surface area contributed by atoms with Crippen LogP contribution in [0.25, 0.3) is 5.52 Å². The van der Waals surface area contributed by atoms with Crippen LogP contribution in [0.4, 0.5) is 0 Å². The quantitative estimate of drug-likeness (QED) is 0.443. The minimum Gasteiger partial charge on any atom is -0.460 e.